The third-order valence-corrected chi connectivity index (χ3v) is 5.24. The van der Waals surface area contributed by atoms with Crippen molar-refractivity contribution in [3.63, 3.8) is 0 Å². The highest BCUT2D eigenvalue weighted by molar-refractivity contribution is 6.22. The number of nitrogens with one attached hydrogen (secondary N) is 1. The van der Waals surface area contributed by atoms with Crippen LogP contribution >= 0.6 is 0 Å². The van der Waals surface area contributed by atoms with E-state index in [9.17, 15) is 4.79 Å². The van der Waals surface area contributed by atoms with Crippen molar-refractivity contribution in [3.8, 4) is 0 Å². The summed E-state index contributed by atoms with van der Waals surface area (Å²) in [5.41, 5.74) is 9.29. The summed E-state index contributed by atoms with van der Waals surface area (Å²) in [5.74, 6) is 0.655. The highest BCUT2D eigenvalue weighted by Crippen LogP contribution is 2.31. The van der Waals surface area contributed by atoms with E-state index in [1.807, 2.05) is 28.9 Å². The van der Waals surface area contributed by atoms with Gasteiger partial charge >= 0.3 is 0 Å². The number of aliphatic imine (C=N–C) groups is 1. The fourth-order valence-electron chi connectivity index (χ4n) is 3.64. The number of hydrogen-bond donors (Lipinski definition) is 2. The Balaban J connectivity index is 1.61. The molecule has 146 valence electrons. The van der Waals surface area contributed by atoms with Crippen LogP contribution in [0.2, 0.25) is 0 Å². The summed E-state index contributed by atoms with van der Waals surface area (Å²) in [6.07, 6.45) is 8.97. The molecule has 0 aromatic carbocycles. The summed E-state index contributed by atoms with van der Waals surface area (Å²) in [7, 11) is 0. The van der Waals surface area contributed by atoms with Crippen LogP contribution in [0.3, 0.4) is 0 Å². The summed E-state index contributed by atoms with van der Waals surface area (Å²) in [5, 5.41) is 8.10. The zero-order valence-electron chi connectivity index (χ0n) is 16.2. The number of hydrogen-bond acceptors (Lipinski definition) is 6. The molecule has 0 radical (unpaired) electrons. The molecule has 0 saturated carbocycles. The number of nitrogens with two attached hydrogens (primary N) is 1. The van der Waals surface area contributed by atoms with Crippen LogP contribution in [0.25, 0.3) is 5.52 Å². The Morgan fingerprint density at radius 1 is 1.21 bits per heavy atom. The standard InChI is InChI=1S/C21H26N6O/c1-15-13-17(16(22)14-19(15)28)24-20-18-7-3-6-11-27(18)25-21(20)23-8-12-26-9-4-2-5-10-26/h3,6-7,11,13-14H,2,4-5,8-10,12,22H2,1H3,(H,23,25). The van der Waals surface area contributed by atoms with Crippen LogP contribution in [-0.2, 0) is 4.79 Å². The molecular formula is C21H26N6O. The van der Waals surface area contributed by atoms with Gasteiger partial charge in [0.05, 0.1) is 16.9 Å². The molecule has 0 atom stereocenters. The minimum atomic E-state index is -0.0730. The predicted molar refractivity (Wildman–Crippen MR) is 112 cm³/mol. The third kappa shape index (κ3) is 3.84. The number of pyridine rings is 1. The predicted octanol–water partition coefficient (Wildman–Crippen LogP) is 2.68. The summed E-state index contributed by atoms with van der Waals surface area (Å²) in [6, 6.07) is 5.88. The van der Waals surface area contributed by atoms with E-state index < -0.39 is 0 Å². The number of piperidine rings is 1. The third-order valence-electron chi connectivity index (χ3n) is 5.24. The van der Waals surface area contributed by atoms with E-state index in [-0.39, 0.29) is 5.78 Å². The molecule has 3 heterocycles. The average molecular weight is 378 g/mol. The van der Waals surface area contributed by atoms with Crippen LogP contribution < -0.4 is 11.1 Å². The number of likely N-dealkylation sites (tertiary alicyclic amines) is 1. The number of ketones is 1. The lowest BCUT2D eigenvalue weighted by Gasteiger charge is -2.26. The van der Waals surface area contributed by atoms with Gasteiger partial charge in [-0.3, -0.25) is 4.79 Å². The molecule has 1 aliphatic carbocycles. The van der Waals surface area contributed by atoms with Crippen LogP contribution in [0.4, 0.5) is 11.5 Å². The molecule has 1 aliphatic heterocycles. The first-order valence-electron chi connectivity index (χ1n) is 9.84. The zero-order chi connectivity index (χ0) is 19.5. The maximum atomic E-state index is 11.8. The van der Waals surface area contributed by atoms with E-state index in [4.69, 9.17) is 10.7 Å². The monoisotopic (exact) mass is 378 g/mol. The lowest BCUT2D eigenvalue weighted by atomic mass is 10.0. The Labute approximate surface area is 164 Å². The van der Waals surface area contributed by atoms with Gasteiger partial charge in [0.15, 0.2) is 11.6 Å². The summed E-state index contributed by atoms with van der Waals surface area (Å²) < 4.78 is 1.81. The number of rotatable bonds is 5. The minimum Gasteiger partial charge on any atom is -0.397 e. The lowest BCUT2D eigenvalue weighted by molar-refractivity contribution is -0.111. The largest absolute Gasteiger partial charge is 0.397 e. The molecule has 1 fully saturated rings. The average Bonchev–Trinajstić information content (AvgIpc) is 3.04. The van der Waals surface area contributed by atoms with Crippen LogP contribution in [0, 0.1) is 0 Å². The van der Waals surface area contributed by atoms with Gasteiger partial charge in [0.2, 0.25) is 0 Å². The minimum absolute atomic E-state index is 0.0730. The van der Waals surface area contributed by atoms with Gasteiger partial charge in [-0.1, -0.05) is 12.5 Å². The summed E-state index contributed by atoms with van der Waals surface area (Å²) in [4.78, 5) is 19.1. The van der Waals surface area contributed by atoms with Gasteiger partial charge in [-0.05, 0) is 56.6 Å². The van der Waals surface area contributed by atoms with Crippen molar-refractivity contribution in [2.45, 2.75) is 26.2 Å². The Bertz CT molecular complexity index is 978. The molecule has 0 bridgehead atoms. The van der Waals surface area contributed by atoms with Crippen LogP contribution in [-0.4, -0.2) is 52.2 Å². The van der Waals surface area contributed by atoms with Crippen LogP contribution in [0.15, 0.2) is 52.8 Å². The Morgan fingerprint density at radius 2 is 2.04 bits per heavy atom. The van der Waals surface area contributed by atoms with Gasteiger partial charge < -0.3 is 16.0 Å². The Hall–Kier alpha value is -2.93. The lowest BCUT2D eigenvalue weighted by Crippen LogP contribution is -2.33. The molecule has 3 N–H and O–H groups in total. The van der Waals surface area contributed by atoms with E-state index in [0.29, 0.717) is 17.0 Å². The number of aromatic nitrogens is 2. The van der Waals surface area contributed by atoms with Crippen molar-refractivity contribution in [2.24, 2.45) is 10.7 Å². The maximum Gasteiger partial charge on any atom is 0.183 e. The van der Waals surface area contributed by atoms with E-state index in [2.05, 4.69) is 15.3 Å². The normalized spacial score (nSPS) is 19.8. The van der Waals surface area contributed by atoms with E-state index in [1.54, 1.807) is 13.0 Å². The number of allylic oxidation sites excluding steroid dienone is 3. The molecule has 1 saturated heterocycles. The summed E-state index contributed by atoms with van der Waals surface area (Å²) >= 11 is 0. The first-order chi connectivity index (χ1) is 13.6. The maximum absolute atomic E-state index is 11.8. The van der Waals surface area contributed by atoms with Crippen molar-refractivity contribution in [1.82, 2.24) is 14.5 Å². The van der Waals surface area contributed by atoms with Crippen LogP contribution in [0.5, 0.6) is 0 Å². The second-order valence-corrected chi connectivity index (χ2v) is 7.35. The van der Waals surface area contributed by atoms with Crippen molar-refractivity contribution < 1.29 is 4.79 Å². The van der Waals surface area contributed by atoms with Crippen molar-refractivity contribution in [2.75, 3.05) is 31.5 Å². The molecule has 0 spiro atoms. The van der Waals surface area contributed by atoms with Gasteiger partial charge in [0.25, 0.3) is 0 Å². The first kappa shape index (κ1) is 18.4. The molecule has 0 amide bonds. The van der Waals surface area contributed by atoms with Gasteiger partial charge in [0.1, 0.15) is 5.69 Å². The SMILES string of the molecule is CC1=CC(=Nc2c(NCCN3CCCCC3)nn3ccccc23)C(N)=CC1=O. The van der Waals surface area contributed by atoms with Gasteiger partial charge in [-0.15, -0.1) is 5.10 Å². The molecule has 2 aliphatic rings. The van der Waals surface area contributed by atoms with Crippen LogP contribution in [0.1, 0.15) is 26.2 Å². The molecule has 2 aromatic heterocycles. The van der Waals surface area contributed by atoms with E-state index >= 15 is 0 Å². The zero-order valence-corrected chi connectivity index (χ0v) is 16.2. The Morgan fingerprint density at radius 3 is 2.86 bits per heavy atom. The molecule has 7 heteroatoms. The highest BCUT2D eigenvalue weighted by Gasteiger charge is 2.17. The molecule has 28 heavy (non-hydrogen) atoms. The van der Waals surface area contributed by atoms with Crippen molar-refractivity contribution >= 4 is 28.5 Å². The second kappa shape index (κ2) is 7.98. The summed E-state index contributed by atoms with van der Waals surface area (Å²) in [6.45, 7) is 5.90. The molecule has 7 nitrogen and oxygen atoms in total. The molecule has 2 aromatic rings. The number of nitrogens with zero attached hydrogens (tertiary/aromatic N) is 4. The Kier molecular flexibility index (Phi) is 5.25. The number of anilines is 1. The second-order valence-electron chi connectivity index (χ2n) is 7.35. The molecular weight excluding hydrogens is 352 g/mol. The topological polar surface area (TPSA) is 88.0 Å². The fourth-order valence-corrected chi connectivity index (χ4v) is 3.64. The number of fused-ring (bicyclic) bond motifs is 1. The van der Waals surface area contributed by atoms with Gasteiger partial charge in [-0.25, -0.2) is 9.51 Å². The van der Waals surface area contributed by atoms with E-state index in [0.717, 1.165) is 30.1 Å². The number of carbonyl (C=O) groups is 1. The fraction of sp³-hybridized carbons (Fsp3) is 0.381. The highest BCUT2D eigenvalue weighted by atomic mass is 16.1. The molecule has 4 rings (SSSR count). The van der Waals surface area contributed by atoms with E-state index in [1.165, 1.54) is 38.4 Å². The van der Waals surface area contributed by atoms with Gasteiger partial charge in [-0.2, -0.15) is 0 Å². The quantitative estimate of drug-likeness (QED) is 0.781. The van der Waals surface area contributed by atoms with Crippen molar-refractivity contribution in [3.05, 3.63) is 47.8 Å². The first-order valence-corrected chi connectivity index (χ1v) is 9.84. The van der Waals surface area contributed by atoms with Gasteiger partial charge in [0, 0.05) is 25.4 Å². The molecule has 0 unspecified atom stereocenters. The number of carbonyl (C=O) groups excluding carboxylic acids is 1. The smallest absolute Gasteiger partial charge is 0.183 e. The van der Waals surface area contributed by atoms with Crippen molar-refractivity contribution in [1.29, 1.82) is 0 Å².